The number of carbonyl (C=O) groups excluding carboxylic acids is 1. The van der Waals surface area contributed by atoms with Gasteiger partial charge in [0.1, 0.15) is 0 Å². The van der Waals surface area contributed by atoms with E-state index in [4.69, 9.17) is 9.47 Å². The van der Waals surface area contributed by atoms with Gasteiger partial charge >= 0.3 is 0 Å². The summed E-state index contributed by atoms with van der Waals surface area (Å²) in [4.78, 5) is 17.6. The zero-order chi connectivity index (χ0) is 15.8. The van der Waals surface area contributed by atoms with E-state index in [0.29, 0.717) is 22.2 Å². The molecule has 5 nitrogen and oxygen atoms in total. The summed E-state index contributed by atoms with van der Waals surface area (Å²) in [5, 5.41) is 0.705. The highest BCUT2D eigenvalue weighted by Crippen LogP contribution is 2.33. The predicted octanol–water partition coefficient (Wildman–Crippen LogP) is 3.57. The van der Waals surface area contributed by atoms with Crippen LogP contribution in [0.5, 0.6) is 11.5 Å². The number of ether oxygens (including phenoxy) is 2. The number of hydrogen-bond acceptors (Lipinski definition) is 5. The van der Waals surface area contributed by atoms with Crippen LogP contribution in [0.3, 0.4) is 0 Å². The Morgan fingerprint density at radius 2 is 2.04 bits per heavy atom. The van der Waals surface area contributed by atoms with Crippen molar-refractivity contribution in [1.29, 1.82) is 0 Å². The third-order valence-corrected chi connectivity index (χ3v) is 4.45. The van der Waals surface area contributed by atoms with Crippen molar-refractivity contribution in [3.05, 3.63) is 48.0 Å². The van der Waals surface area contributed by atoms with Gasteiger partial charge in [0.25, 0.3) is 5.91 Å². The first kappa shape index (κ1) is 14.1. The van der Waals surface area contributed by atoms with Crippen LogP contribution in [-0.4, -0.2) is 28.0 Å². The average Bonchev–Trinajstić information content (AvgIpc) is 3.17. The SMILES string of the molecule is CCSc1nc2ccccc2n1C(=O)c1ccc2c(c1)OCO2. The Morgan fingerprint density at radius 3 is 2.91 bits per heavy atom. The maximum Gasteiger partial charge on any atom is 0.264 e. The lowest BCUT2D eigenvalue weighted by Gasteiger charge is -2.07. The molecule has 6 heteroatoms. The molecule has 116 valence electrons. The minimum absolute atomic E-state index is 0.118. The van der Waals surface area contributed by atoms with Crippen LogP contribution in [0.2, 0.25) is 0 Å². The second-order valence-electron chi connectivity index (χ2n) is 5.02. The van der Waals surface area contributed by atoms with Crippen LogP contribution in [0.25, 0.3) is 11.0 Å². The second kappa shape index (κ2) is 5.62. The van der Waals surface area contributed by atoms with Crippen LogP contribution in [0.4, 0.5) is 0 Å². The molecule has 0 saturated carbocycles. The molecule has 0 saturated heterocycles. The van der Waals surface area contributed by atoms with Gasteiger partial charge in [0, 0.05) is 5.56 Å². The maximum absolute atomic E-state index is 13.0. The van der Waals surface area contributed by atoms with Crippen molar-refractivity contribution in [2.45, 2.75) is 12.1 Å². The highest BCUT2D eigenvalue weighted by atomic mass is 32.2. The highest BCUT2D eigenvalue weighted by Gasteiger charge is 2.21. The Bertz CT molecular complexity index is 904. The van der Waals surface area contributed by atoms with Crippen molar-refractivity contribution >= 4 is 28.7 Å². The van der Waals surface area contributed by atoms with E-state index in [0.717, 1.165) is 16.8 Å². The number of nitrogens with zero attached hydrogens (tertiary/aromatic N) is 2. The van der Waals surface area contributed by atoms with Crippen molar-refractivity contribution in [1.82, 2.24) is 9.55 Å². The molecule has 0 radical (unpaired) electrons. The third-order valence-electron chi connectivity index (χ3n) is 3.63. The molecule has 2 heterocycles. The molecule has 2 aromatic carbocycles. The topological polar surface area (TPSA) is 53.4 Å². The lowest BCUT2D eigenvalue weighted by atomic mass is 10.2. The van der Waals surface area contributed by atoms with Crippen molar-refractivity contribution < 1.29 is 14.3 Å². The second-order valence-corrected chi connectivity index (χ2v) is 6.26. The minimum Gasteiger partial charge on any atom is -0.454 e. The van der Waals surface area contributed by atoms with E-state index in [1.54, 1.807) is 34.5 Å². The Hall–Kier alpha value is -2.47. The van der Waals surface area contributed by atoms with Gasteiger partial charge in [0.2, 0.25) is 6.79 Å². The summed E-state index contributed by atoms with van der Waals surface area (Å²) in [6.07, 6.45) is 0. The minimum atomic E-state index is -0.118. The maximum atomic E-state index is 13.0. The molecule has 0 unspecified atom stereocenters. The summed E-state index contributed by atoms with van der Waals surface area (Å²) < 4.78 is 12.3. The van der Waals surface area contributed by atoms with Gasteiger partial charge in [-0.3, -0.25) is 9.36 Å². The van der Waals surface area contributed by atoms with Gasteiger partial charge in [-0.2, -0.15) is 0 Å². The van der Waals surface area contributed by atoms with Gasteiger partial charge in [-0.05, 0) is 36.1 Å². The molecule has 3 aromatic rings. The molecule has 0 atom stereocenters. The Kier molecular flexibility index (Phi) is 3.46. The lowest BCUT2D eigenvalue weighted by molar-refractivity contribution is 0.0954. The fraction of sp³-hybridized carbons (Fsp3) is 0.176. The van der Waals surface area contributed by atoms with Gasteiger partial charge in [0.15, 0.2) is 16.7 Å². The van der Waals surface area contributed by atoms with Crippen molar-refractivity contribution in [3.63, 3.8) is 0 Å². The number of rotatable bonds is 3. The standard InChI is InChI=1S/C17H14N2O3S/c1-2-23-17-18-12-5-3-4-6-13(12)19(17)16(20)11-7-8-14-15(9-11)22-10-21-14/h3-9H,2,10H2,1H3. The molecule has 4 rings (SSSR count). The first-order chi connectivity index (χ1) is 11.3. The highest BCUT2D eigenvalue weighted by molar-refractivity contribution is 7.99. The number of fused-ring (bicyclic) bond motifs is 2. The molecule has 0 bridgehead atoms. The van der Waals surface area contributed by atoms with E-state index in [2.05, 4.69) is 4.98 Å². The molecule has 1 aliphatic heterocycles. The van der Waals surface area contributed by atoms with Crippen LogP contribution >= 0.6 is 11.8 Å². The molecule has 0 spiro atoms. The van der Waals surface area contributed by atoms with Crippen LogP contribution in [0, 0.1) is 0 Å². The van der Waals surface area contributed by atoms with E-state index in [-0.39, 0.29) is 12.7 Å². The van der Waals surface area contributed by atoms with E-state index in [9.17, 15) is 4.79 Å². The number of thioether (sulfide) groups is 1. The molecular weight excluding hydrogens is 312 g/mol. The smallest absolute Gasteiger partial charge is 0.264 e. The molecule has 0 amide bonds. The first-order valence-electron chi connectivity index (χ1n) is 7.32. The van der Waals surface area contributed by atoms with Crippen LogP contribution in [0.1, 0.15) is 17.3 Å². The van der Waals surface area contributed by atoms with Crippen molar-refractivity contribution in [3.8, 4) is 11.5 Å². The molecule has 0 aliphatic carbocycles. The quantitative estimate of drug-likeness (QED) is 0.689. The van der Waals surface area contributed by atoms with Gasteiger partial charge < -0.3 is 9.47 Å². The summed E-state index contributed by atoms with van der Waals surface area (Å²) in [5.74, 6) is 2.00. The summed E-state index contributed by atoms with van der Waals surface area (Å²) in [7, 11) is 0. The van der Waals surface area contributed by atoms with Gasteiger partial charge in [-0.1, -0.05) is 30.8 Å². The molecule has 1 aromatic heterocycles. The zero-order valence-corrected chi connectivity index (χ0v) is 13.3. The van der Waals surface area contributed by atoms with E-state index in [1.807, 2.05) is 31.2 Å². The summed E-state index contributed by atoms with van der Waals surface area (Å²) >= 11 is 1.55. The lowest BCUT2D eigenvalue weighted by Crippen LogP contribution is -2.13. The fourth-order valence-electron chi connectivity index (χ4n) is 2.58. The Balaban J connectivity index is 1.84. The van der Waals surface area contributed by atoms with Crippen LogP contribution in [0.15, 0.2) is 47.6 Å². The number of benzene rings is 2. The van der Waals surface area contributed by atoms with E-state index in [1.165, 1.54) is 0 Å². The van der Waals surface area contributed by atoms with Gasteiger partial charge in [-0.15, -0.1) is 0 Å². The van der Waals surface area contributed by atoms with Gasteiger partial charge in [0.05, 0.1) is 11.0 Å². The molecule has 23 heavy (non-hydrogen) atoms. The zero-order valence-electron chi connectivity index (χ0n) is 12.5. The number of carbonyl (C=O) groups is 1. The molecule has 0 N–H and O–H groups in total. The number of aromatic nitrogens is 2. The monoisotopic (exact) mass is 326 g/mol. The summed E-state index contributed by atoms with van der Waals surface area (Å²) in [6, 6.07) is 12.9. The van der Waals surface area contributed by atoms with Crippen LogP contribution in [-0.2, 0) is 0 Å². The van der Waals surface area contributed by atoms with Crippen molar-refractivity contribution in [2.75, 3.05) is 12.5 Å². The van der Waals surface area contributed by atoms with Gasteiger partial charge in [-0.25, -0.2) is 4.98 Å². The third kappa shape index (κ3) is 2.35. The average molecular weight is 326 g/mol. The largest absolute Gasteiger partial charge is 0.454 e. The predicted molar refractivity (Wildman–Crippen MR) is 88.4 cm³/mol. The van der Waals surface area contributed by atoms with Crippen molar-refractivity contribution in [2.24, 2.45) is 0 Å². The number of imidazole rings is 1. The summed E-state index contributed by atoms with van der Waals surface area (Å²) in [5.41, 5.74) is 2.18. The molecular formula is C17H14N2O3S. The van der Waals surface area contributed by atoms with E-state index >= 15 is 0 Å². The molecule has 0 fully saturated rings. The normalized spacial score (nSPS) is 12.7. The van der Waals surface area contributed by atoms with Crippen LogP contribution < -0.4 is 9.47 Å². The Labute approximate surface area is 137 Å². The number of hydrogen-bond donors (Lipinski definition) is 0. The first-order valence-corrected chi connectivity index (χ1v) is 8.31. The summed E-state index contributed by atoms with van der Waals surface area (Å²) in [6.45, 7) is 2.23. The molecule has 1 aliphatic rings. The van der Waals surface area contributed by atoms with E-state index < -0.39 is 0 Å². The Morgan fingerprint density at radius 1 is 1.22 bits per heavy atom. The fourth-order valence-corrected chi connectivity index (χ4v) is 3.32. The number of para-hydroxylation sites is 2.